The first-order valence-electron chi connectivity index (χ1n) is 5.41. The van der Waals surface area contributed by atoms with Crippen LogP contribution in [0.4, 0.5) is 0 Å². The average molecular weight is 222 g/mol. The van der Waals surface area contributed by atoms with E-state index >= 15 is 0 Å². The summed E-state index contributed by atoms with van der Waals surface area (Å²) in [7, 11) is 0. The van der Waals surface area contributed by atoms with Gasteiger partial charge in [0.1, 0.15) is 0 Å². The third-order valence-electron chi connectivity index (χ3n) is 2.01. The Morgan fingerprint density at radius 3 is 2.12 bits per heavy atom. The van der Waals surface area contributed by atoms with Crippen molar-refractivity contribution in [3.05, 3.63) is 32.1 Å². The Kier molecular flexibility index (Phi) is 3.36. The maximum Gasteiger partial charge on any atom is 0.268 e. The van der Waals surface area contributed by atoms with E-state index in [1.54, 1.807) is 6.08 Å². The number of rotatable bonds is 3. The van der Waals surface area contributed by atoms with Gasteiger partial charge in [0.2, 0.25) is 5.43 Å². The second kappa shape index (κ2) is 4.24. The van der Waals surface area contributed by atoms with E-state index in [9.17, 15) is 9.59 Å². The molecule has 0 atom stereocenters. The van der Waals surface area contributed by atoms with Crippen LogP contribution in [0.5, 0.6) is 5.75 Å². The van der Waals surface area contributed by atoms with Gasteiger partial charge in [-0.3, -0.25) is 9.59 Å². The molecule has 0 aliphatic rings. The van der Waals surface area contributed by atoms with Gasteiger partial charge in [-0.15, -0.1) is 0 Å². The van der Waals surface area contributed by atoms with Gasteiger partial charge in [-0.05, 0) is 19.3 Å². The molecule has 0 unspecified atom stereocenters. The first-order chi connectivity index (χ1) is 7.22. The summed E-state index contributed by atoms with van der Waals surface area (Å²) in [5.41, 5.74) is -0.582. The SMILES string of the molecule is CC(C)Oc1c(/C=C/C(C)(C)C)c(=O)c1=O. The van der Waals surface area contributed by atoms with E-state index in [2.05, 4.69) is 0 Å². The van der Waals surface area contributed by atoms with Gasteiger partial charge in [0.05, 0.1) is 11.7 Å². The van der Waals surface area contributed by atoms with Crippen molar-refractivity contribution in [3.8, 4) is 5.75 Å². The summed E-state index contributed by atoms with van der Waals surface area (Å²) in [4.78, 5) is 22.6. The third kappa shape index (κ3) is 2.81. The largest absolute Gasteiger partial charge is 0.486 e. The Labute approximate surface area is 95.4 Å². The maximum absolute atomic E-state index is 11.3. The lowest BCUT2D eigenvalue weighted by Gasteiger charge is -2.15. The van der Waals surface area contributed by atoms with Crippen LogP contribution in [-0.2, 0) is 0 Å². The zero-order valence-electron chi connectivity index (χ0n) is 10.5. The Bertz CT molecular complexity index is 466. The van der Waals surface area contributed by atoms with Crippen molar-refractivity contribution in [3.63, 3.8) is 0 Å². The topological polar surface area (TPSA) is 43.4 Å². The van der Waals surface area contributed by atoms with Crippen LogP contribution in [-0.4, -0.2) is 6.10 Å². The van der Waals surface area contributed by atoms with E-state index in [-0.39, 0.29) is 17.3 Å². The molecule has 0 N–H and O–H groups in total. The van der Waals surface area contributed by atoms with E-state index < -0.39 is 10.9 Å². The fraction of sp³-hybridized carbons (Fsp3) is 0.538. The van der Waals surface area contributed by atoms with Crippen LogP contribution < -0.4 is 15.6 Å². The van der Waals surface area contributed by atoms with E-state index in [1.165, 1.54) is 0 Å². The summed E-state index contributed by atoms with van der Waals surface area (Å²) in [5, 5.41) is 0. The van der Waals surface area contributed by atoms with Crippen molar-refractivity contribution in [1.82, 2.24) is 0 Å². The van der Waals surface area contributed by atoms with Gasteiger partial charge in [-0.1, -0.05) is 32.9 Å². The van der Waals surface area contributed by atoms with Gasteiger partial charge >= 0.3 is 0 Å². The van der Waals surface area contributed by atoms with Gasteiger partial charge in [0.25, 0.3) is 5.43 Å². The number of ether oxygens (including phenoxy) is 1. The fourth-order valence-electron chi connectivity index (χ4n) is 1.23. The van der Waals surface area contributed by atoms with E-state index in [4.69, 9.17) is 4.74 Å². The molecule has 0 saturated heterocycles. The summed E-state index contributed by atoms with van der Waals surface area (Å²) in [6.45, 7) is 9.73. The first-order valence-corrected chi connectivity index (χ1v) is 5.41. The van der Waals surface area contributed by atoms with Gasteiger partial charge < -0.3 is 4.74 Å². The second-order valence-corrected chi connectivity index (χ2v) is 5.27. The first kappa shape index (κ1) is 12.7. The molecular weight excluding hydrogens is 204 g/mol. The van der Waals surface area contributed by atoms with Crippen molar-refractivity contribution in [1.29, 1.82) is 0 Å². The van der Waals surface area contributed by atoms with Crippen LogP contribution >= 0.6 is 0 Å². The van der Waals surface area contributed by atoms with Gasteiger partial charge in [0, 0.05) is 0 Å². The number of hydrogen-bond acceptors (Lipinski definition) is 3. The fourth-order valence-corrected chi connectivity index (χ4v) is 1.23. The van der Waals surface area contributed by atoms with Crippen molar-refractivity contribution in [2.24, 2.45) is 5.41 Å². The number of allylic oxidation sites excluding steroid dienone is 1. The average Bonchev–Trinajstić information content (AvgIpc) is 2.13. The van der Waals surface area contributed by atoms with Crippen molar-refractivity contribution < 1.29 is 4.74 Å². The molecule has 0 radical (unpaired) electrons. The van der Waals surface area contributed by atoms with Crippen molar-refractivity contribution in [2.45, 2.75) is 40.7 Å². The van der Waals surface area contributed by atoms with E-state index in [0.717, 1.165) is 0 Å². The predicted octanol–water partition coefficient (Wildman–Crippen LogP) is 2.13. The number of hydrogen-bond donors (Lipinski definition) is 0. The van der Waals surface area contributed by atoms with Gasteiger partial charge in [-0.25, -0.2) is 0 Å². The monoisotopic (exact) mass is 222 g/mol. The summed E-state index contributed by atoms with van der Waals surface area (Å²) < 4.78 is 5.30. The zero-order chi connectivity index (χ0) is 12.5. The Morgan fingerprint density at radius 1 is 1.12 bits per heavy atom. The van der Waals surface area contributed by atoms with E-state index in [0.29, 0.717) is 5.56 Å². The maximum atomic E-state index is 11.3. The highest BCUT2D eigenvalue weighted by Crippen LogP contribution is 2.20. The molecule has 16 heavy (non-hydrogen) atoms. The Balaban J connectivity index is 2.99. The minimum Gasteiger partial charge on any atom is -0.486 e. The predicted molar refractivity (Wildman–Crippen MR) is 65.6 cm³/mol. The molecule has 88 valence electrons. The highest BCUT2D eigenvalue weighted by atomic mass is 16.5. The summed E-state index contributed by atoms with van der Waals surface area (Å²) in [5.74, 6) is 0.209. The molecule has 1 rings (SSSR count). The molecule has 0 saturated carbocycles. The molecule has 0 fully saturated rings. The lowest BCUT2D eigenvalue weighted by molar-refractivity contribution is 0.236. The lowest BCUT2D eigenvalue weighted by Crippen LogP contribution is -2.36. The molecule has 1 aromatic carbocycles. The Morgan fingerprint density at radius 2 is 1.69 bits per heavy atom. The van der Waals surface area contributed by atoms with Crippen LogP contribution in [0.1, 0.15) is 40.2 Å². The minimum atomic E-state index is -0.512. The summed E-state index contributed by atoms with van der Waals surface area (Å²) >= 11 is 0. The molecule has 0 bridgehead atoms. The molecule has 0 amide bonds. The second-order valence-electron chi connectivity index (χ2n) is 5.27. The lowest BCUT2D eigenvalue weighted by atomic mass is 9.94. The standard InChI is InChI=1S/C13H18O3/c1-8(2)16-12-9(10(14)11(12)15)6-7-13(3,4)5/h6-8H,1-5H3/b7-6+. The van der Waals surface area contributed by atoms with Gasteiger partial charge in [0.15, 0.2) is 5.75 Å². The minimum absolute atomic E-state index is 0.0190. The molecule has 3 heteroatoms. The van der Waals surface area contributed by atoms with Crippen LogP contribution in [0.25, 0.3) is 6.08 Å². The van der Waals surface area contributed by atoms with Crippen molar-refractivity contribution >= 4 is 6.08 Å². The normalized spacial score (nSPS) is 12.9. The van der Waals surface area contributed by atoms with E-state index in [1.807, 2.05) is 40.7 Å². The molecule has 3 nitrogen and oxygen atoms in total. The van der Waals surface area contributed by atoms with Crippen LogP contribution in [0.3, 0.4) is 0 Å². The van der Waals surface area contributed by atoms with Gasteiger partial charge in [-0.2, -0.15) is 0 Å². The highest BCUT2D eigenvalue weighted by Gasteiger charge is 2.21. The summed E-state index contributed by atoms with van der Waals surface area (Å²) in [6, 6.07) is 0. The molecule has 0 spiro atoms. The molecule has 0 heterocycles. The quantitative estimate of drug-likeness (QED) is 0.736. The zero-order valence-corrected chi connectivity index (χ0v) is 10.5. The molecule has 1 aromatic rings. The smallest absolute Gasteiger partial charge is 0.268 e. The molecule has 0 aromatic heterocycles. The summed E-state index contributed by atoms with van der Waals surface area (Å²) in [6.07, 6.45) is 3.49. The highest BCUT2D eigenvalue weighted by molar-refractivity contribution is 5.61. The molecular formula is C13H18O3. The third-order valence-corrected chi connectivity index (χ3v) is 2.01. The molecule has 0 aliphatic carbocycles. The Hall–Kier alpha value is -1.38. The van der Waals surface area contributed by atoms with Crippen LogP contribution in [0.15, 0.2) is 15.7 Å². The van der Waals surface area contributed by atoms with Crippen LogP contribution in [0.2, 0.25) is 0 Å². The van der Waals surface area contributed by atoms with Crippen molar-refractivity contribution in [2.75, 3.05) is 0 Å². The van der Waals surface area contributed by atoms with Crippen LogP contribution in [0, 0.1) is 5.41 Å². The molecule has 0 aliphatic heterocycles.